The van der Waals surface area contributed by atoms with Crippen LogP contribution >= 0.6 is 23.2 Å². The van der Waals surface area contributed by atoms with Crippen LogP contribution in [0.3, 0.4) is 0 Å². The number of hydrogen-bond acceptors (Lipinski definition) is 1. The van der Waals surface area contributed by atoms with E-state index in [2.05, 4.69) is 0 Å². The fourth-order valence-corrected chi connectivity index (χ4v) is 2.24. The van der Waals surface area contributed by atoms with Crippen LogP contribution in [0.15, 0.2) is 0 Å². The van der Waals surface area contributed by atoms with Crippen molar-refractivity contribution in [3.05, 3.63) is 0 Å². The molecule has 0 aromatic carbocycles. The lowest BCUT2D eigenvalue weighted by Crippen LogP contribution is -2.68. The highest BCUT2D eigenvalue weighted by Gasteiger charge is 2.71. The standard InChI is InChI=1S/C8H12Cl2O/c1-6(2)5(11)8(9,10)7(6,3)4/h1-4H3. The molecule has 0 unspecified atom stereocenters. The molecule has 0 aromatic rings. The Balaban J connectivity index is 3.08. The second kappa shape index (κ2) is 1.94. The molecule has 0 heterocycles. The molecule has 0 N–H and O–H groups in total. The zero-order chi connectivity index (χ0) is 9.08. The molecule has 0 atom stereocenters. The van der Waals surface area contributed by atoms with E-state index in [0.29, 0.717) is 0 Å². The number of halogens is 2. The Bertz CT molecular complexity index is 196. The summed E-state index contributed by atoms with van der Waals surface area (Å²) in [6, 6.07) is 0. The molecule has 1 rings (SSSR count). The molecule has 0 amide bonds. The average molecular weight is 195 g/mol. The molecule has 64 valence electrons. The third-order valence-electron chi connectivity index (χ3n) is 3.20. The summed E-state index contributed by atoms with van der Waals surface area (Å²) in [5.41, 5.74) is -0.726. The van der Waals surface area contributed by atoms with Gasteiger partial charge in [-0.1, -0.05) is 50.9 Å². The summed E-state index contributed by atoms with van der Waals surface area (Å²) < 4.78 is -1.18. The summed E-state index contributed by atoms with van der Waals surface area (Å²) >= 11 is 11.7. The molecule has 0 saturated heterocycles. The first-order chi connectivity index (χ1) is 4.65. The topological polar surface area (TPSA) is 17.1 Å². The van der Waals surface area contributed by atoms with Gasteiger partial charge in [0, 0.05) is 10.8 Å². The van der Waals surface area contributed by atoms with Crippen LogP contribution in [0.1, 0.15) is 27.7 Å². The van der Waals surface area contributed by atoms with E-state index in [4.69, 9.17) is 23.2 Å². The van der Waals surface area contributed by atoms with Crippen LogP contribution in [0, 0.1) is 10.8 Å². The SMILES string of the molecule is CC1(C)C(=O)C(Cl)(Cl)C1(C)C. The van der Waals surface area contributed by atoms with Crippen LogP contribution < -0.4 is 0 Å². The Kier molecular flexibility index (Phi) is 1.65. The second-order valence-electron chi connectivity index (χ2n) is 4.15. The Morgan fingerprint density at radius 1 is 1.09 bits per heavy atom. The van der Waals surface area contributed by atoms with E-state index < -0.39 is 9.75 Å². The molecule has 0 aromatic heterocycles. The lowest BCUT2D eigenvalue weighted by Gasteiger charge is -2.58. The molecule has 1 nitrogen and oxygen atoms in total. The normalized spacial score (nSPS) is 31.3. The Morgan fingerprint density at radius 3 is 1.55 bits per heavy atom. The van der Waals surface area contributed by atoms with Gasteiger partial charge in [0.15, 0.2) is 10.1 Å². The first-order valence-corrected chi connectivity index (χ1v) is 4.34. The zero-order valence-electron chi connectivity index (χ0n) is 7.16. The van der Waals surface area contributed by atoms with Gasteiger partial charge in [0.05, 0.1) is 0 Å². The molecular weight excluding hydrogens is 183 g/mol. The lowest BCUT2D eigenvalue weighted by molar-refractivity contribution is -0.154. The van der Waals surface area contributed by atoms with Gasteiger partial charge < -0.3 is 0 Å². The van der Waals surface area contributed by atoms with Gasteiger partial charge in [0.2, 0.25) is 0 Å². The minimum Gasteiger partial charge on any atom is -0.296 e. The van der Waals surface area contributed by atoms with Crippen LogP contribution in [0.4, 0.5) is 0 Å². The quantitative estimate of drug-likeness (QED) is 0.543. The number of carbonyl (C=O) groups is 1. The maximum Gasteiger partial charge on any atom is 0.182 e. The minimum absolute atomic E-state index is 0.0710. The minimum atomic E-state index is -1.18. The van der Waals surface area contributed by atoms with Crippen LogP contribution in [0.25, 0.3) is 0 Å². The molecule has 1 fully saturated rings. The number of hydrogen-bond donors (Lipinski definition) is 0. The monoisotopic (exact) mass is 194 g/mol. The van der Waals surface area contributed by atoms with Crippen molar-refractivity contribution < 1.29 is 4.79 Å². The molecule has 0 aliphatic heterocycles. The van der Waals surface area contributed by atoms with Crippen LogP contribution in [0.5, 0.6) is 0 Å². The van der Waals surface area contributed by atoms with Gasteiger partial charge in [0.25, 0.3) is 0 Å². The predicted octanol–water partition coefficient (Wildman–Crippen LogP) is 2.80. The number of alkyl halides is 2. The number of rotatable bonds is 0. The van der Waals surface area contributed by atoms with E-state index in [1.54, 1.807) is 0 Å². The van der Waals surface area contributed by atoms with Gasteiger partial charge in [-0.2, -0.15) is 0 Å². The highest BCUT2D eigenvalue weighted by molar-refractivity contribution is 6.61. The third-order valence-corrected chi connectivity index (χ3v) is 4.49. The van der Waals surface area contributed by atoms with Crippen LogP contribution in [-0.2, 0) is 4.79 Å². The fraction of sp³-hybridized carbons (Fsp3) is 0.875. The summed E-state index contributed by atoms with van der Waals surface area (Å²) in [6.45, 7) is 7.57. The zero-order valence-corrected chi connectivity index (χ0v) is 8.68. The maximum absolute atomic E-state index is 11.4. The van der Waals surface area contributed by atoms with Gasteiger partial charge >= 0.3 is 0 Å². The van der Waals surface area contributed by atoms with Crippen molar-refractivity contribution in [1.82, 2.24) is 0 Å². The Hall–Kier alpha value is 0.250. The van der Waals surface area contributed by atoms with Crippen molar-refractivity contribution in [2.45, 2.75) is 32.0 Å². The van der Waals surface area contributed by atoms with Crippen LogP contribution in [0.2, 0.25) is 0 Å². The third kappa shape index (κ3) is 0.762. The summed E-state index contributed by atoms with van der Waals surface area (Å²) in [5, 5.41) is 0. The summed E-state index contributed by atoms with van der Waals surface area (Å²) in [5.74, 6) is -0.0710. The van der Waals surface area contributed by atoms with Crippen molar-refractivity contribution in [1.29, 1.82) is 0 Å². The molecule has 0 bridgehead atoms. The number of carbonyl (C=O) groups excluding carboxylic acids is 1. The van der Waals surface area contributed by atoms with Crippen molar-refractivity contribution in [3.8, 4) is 0 Å². The molecule has 1 aliphatic carbocycles. The first kappa shape index (κ1) is 9.34. The highest BCUT2D eigenvalue weighted by Crippen LogP contribution is 2.64. The summed E-state index contributed by atoms with van der Waals surface area (Å²) in [7, 11) is 0. The Morgan fingerprint density at radius 2 is 1.45 bits per heavy atom. The largest absolute Gasteiger partial charge is 0.296 e. The van der Waals surface area contributed by atoms with Gasteiger partial charge in [-0.15, -0.1) is 0 Å². The van der Waals surface area contributed by atoms with E-state index in [9.17, 15) is 4.79 Å². The summed E-state index contributed by atoms with van der Waals surface area (Å²) in [4.78, 5) is 11.4. The smallest absolute Gasteiger partial charge is 0.182 e. The molecule has 1 saturated carbocycles. The first-order valence-electron chi connectivity index (χ1n) is 3.58. The Labute approximate surface area is 77.1 Å². The molecular formula is C8H12Cl2O. The highest BCUT2D eigenvalue weighted by atomic mass is 35.5. The van der Waals surface area contributed by atoms with E-state index in [1.165, 1.54) is 0 Å². The summed E-state index contributed by atoms with van der Waals surface area (Å²) in [6.07, 6.45) is 0. The van der Waals surface area contributed by atoms with Crippen LogP contribution in [-0.4, -0.2) is 10.1 Å². The van der Waals surface area contributed by atoms with E-state index in [1.807, 2.05) is 27.7 Å². The molecule has 11 heavy (non-hydrogen) atoms. The van der Waals surface area contributed by atoms with Crippen molar-refractivity contribution in [2.75, 3.05) is 0 Å². The van der Waals surface area contributed by atoms with E-state index in [-0.39, 0.29) is 11.2 Å². The molecule has 0 radical (unpaired) electrons. The molecule has 3 heteroatoms. The molecule has 1 aliphatic rings. The van der Waals surface area contributed by atoms with Crippen molar-refractivity contribution in [3.63, 3.8) is 0 Å². The van der Waals surface area contributed by atoms with E-state index in [0.717, 1.165) is 0 Å². The second-order valence-corrected chi connectivity index (χ2v) is 5.48. The lowest BCUT2D eigenvalue weighted by atomic mass is 9.51. The molecule has 0 spiro atoms. The predicted molar refractivity (Wildman–Crippen MR) is 47.0 cm³/mol. The average Bonchev–Trinajstić information content (AvgIpc) is 1.84. The number of ketones is 1. The van der Waals surface area contributed by atoms with E-state index >= 15 is 0 Å². The van der Waals surface area contributed by atoms with Gasteiger partial charge in [0.1, 0.15) is 0 Å². The maximum atomic E-state index is 11.4. The van der Waals surface area contributed by atoms with Gasteiger partial charge in [-0.25, -0.2) is 0 Å². The van der Waals surface area contributed by atoms with Gasteiger partial charge in [-0.3, -0.25) is 4.79 Å². The fourth-order valence-electron chi connectivity index (χ4n) is 1.29. The van der Waals surface area contributed by atoms with Crippen molar-refractivity contribution >= 4 is 29.0 Å². The van der Waals surface area contributed by atoms with Crippen molar-refractivity contribution in [2.24, 2.45) is 10.8 Å². The van der Waals surface area contributed by atoms with Gasteiger partial charge in [-0.05, 0) is 0 Å². The number of Topliss-reactive ketones (excluding diaryl/α,β-unsaturated/α-hetero) is 1.